The Balaban J connectivity index is 2.27. The minimum absolute atomic E-state index is 0.0187. The number of amidine groups is 1. The fourth-order valence-electron chi connectivity index (χ4n) is 1.87. The Morgan fingerprint density at radius 1 is 1.50 bits per heavy atom. The van der Waals surface area contributed by atoms with E-state index in [4.69, 9.17) is 10.9 Å². The highest BCUT2D eigenvalue weighted by molar-refractivity contribution is 6.02. The van der Waals surface area contributed by atoms with Crippen LogP contribution >= 0.6 is 0 Å². The van der Waals surface area contributed by atoms with Crippen LogP contribution in [0.1, 0.15) is 24.2 Å². The number of carbonyl (C=O) groups excluding carboxylic acids is 1. The molecule has 2 aromatic rings. The van der Waals surface area contributed by atoms with Gasteiger partial charge in [-0.05, 0) is 5.92 Å². The van der Waals surface area contributed by atoms with Gasteiger partial charge in [0.05, 0.1) is 29.5 Å². The fourth-order valence-corrected chi connectivity index (χ4v) is 1.87. The van der Waals surface area contributed by atoms with E-state index in [2.05, 4.69) is 20.6 Å². The van der Waals surface area contributed by atoms with Crippen LogP contribution in [-0.2, 0) is 0 Å². The number of carbonyl (C=O) groups is 1. The Labute approximate surface area is 115 Å². The topological polar surface area (TPSA) is 118 Å². The van der Waals surface area contributed by atoms with Gasteiger partial charge in [-0.25, -0.2) is 4.52 Å². The quantitative estimate of drug-likeness (QED) is 0.320. The Bertz CT molecular complexity index is 648. The molecule has 0 aliphatic rings. The lowest BCUT2D eigenvalue weighted by Gasteiger charge is -2.20. The maximum Gasteiger partial charge on any atom is 0.255 e. The summed E-state index contributed by atoms with van der Waals surface area (Å²) in [7, 11) is 0. The number of nitrogens with zero attached hydrogens (tertiary/aromatic N) is 4. The van der Waals surface area contributed by atoms with Crippen molar-refractivity contribution in [1.29, 1.82) is 0 Å². The Morgan fingerprint density at radius 2 is 2.25 bits per heavy atom. The van der Waals surface area contributed by atoms with E-state index in [1.807, 2.05) is 13.8 Å². The second-order valence-electron chi connectivity index (χ2n) is 4.68. The van der Waals surface area contributed by atoms with Crippen LogP contribution in [0.25, 0.3) is 5.52 Å². The van der Waals surface area contributed by atoms with E-state index in [1.165, 1.54) is 6.20 Å². The van der Waals surface area contributed by atoms with Crippen LogP contribution in [0.15, 0.2) is 29.9 Å². The smallest absolute Gasteiger partial charge is 0.255 e. The van der Waals surface area contributed by atoms with Crippen LogP contribution in [0.2, 0.25) is 0 Å². The average Bonchev–Trinajstić information content (AvgIpc) is 2.87. The molecule has 0 aliphatic heterocycles. The third kappa shape index (κ3) is 2.53. The first-order chi connectivity index (χ1) is 9.54. The Morgan fingerprint density at radius 3 is 2.90 bits per heavy atom. The van der Waals surface area contributed by atoms with Crippen LogP contribution in [0, 0.1) is 5.92 Å². The highest BCUT2D eigenvalue weighted by Gasteiger charge is 2.23. The standard InChI is InChI=1S/C12H16N6O2/c1-7(2)10(11(13)17-20)16-12(19)8-5-15-18-4-3-14-6-9(8)18/h3-7,10,20H,1-2H3,(H2,13,17)(H,16,19). The molecule has 2 aromatic heterocycles. The van der Waals surface area contributed by atoms with E-state index in [0.717, 1.165) is 0 Å². The van der Waals surface area contributed by atoms with Gasteiger partial charge >= 0.3 is 0 Å². The molecule has 0 radical (unpaired) electrons. The normalized spacial score (nSPS) is 13.7. The largest absolute Gasteiger partial charge is 0.409 e. The molecule has 0 saturated carbocycles. The van der Waals surface area contributed by atoms with Crippen LogP contribution in [0.3, 0.4) is 0 Å². The third-order valence-electron chi connectivity index (χ3n) is 2.96. The van der Waals surface area contributed by atoms with Crippen LogP contribution in [0.5, 0.6) is 0 Å². The molecule has 1 atom stereocenters. The summed E-state index contributed by atoms with van der Waals surface area (Å²) >= 11 is 0. The summed E-state index contributed by atoms with van der Waals surface area (Å²) in [6.45, 7) is 3.72. The van der Waals surface area contributed by atoms with Crippen molar-refractivity contribution in [2.24, 2.45) is 16.8 Å². The maximum atomic E-state index is 12.3. The summed E-state index contributed by atoms with van der Waals surface area (Å²) < 4.78 is 1.55. The predicted octanol–water partition coefficient (Wildman–Crippen LogP) is 0.230. The molecule has 106 valence electrons. The SMILES string of the molecule is CC(C)C(NC(=O)c1cnn2ccncc12)/C(N)=N/O. The minimum Gasteiger partial charge on any atom is -0.409 e. The first kappa shape index (κ1) is 13.8. The van der Waals surface area contributed by atoms with Crippen molar-refractivity contribution in [2.75, 3.05) is 0 Å². The first-order valence-electron chi connectivity index (χ1n) is 6.10. The van der Waals surface area contributed by atoms with Crippen molar-refractivity contribution in [3.05, 3.63) is 30.4 Å². The predicted molar refractivity (Wildman–Crippen MR) is 72.5 cm³/mol. The number of fused-ring (bicyclic) bond motifs is 1. The summed E-state index contributed by atoms with van der Waals surface area (Å²) in [6, 6.07) is -0.556. The molecule has 0 aromatic carbocycles. The van der Waals surface area contributed by atoms with Crippen molar-refractivity contribution < 1.29 is 10.0 Å². The van der Waals surface area contributed by atoms with E-state index in [9.17, 15) is 4.79 Å². The Kier molecular flexibility index (Phi) is 3.83. The molecule has 2 heterocycles. The molecule has 1 amide bonds. The zero-order chi connectivity index (χ0) is 14.7. The third-order valence-corrected chi connectivity index (χ3v) is 2.96. The summed E-state index contributed by atoms with van der Waals surface area (Å²) in [6.07, 6.45) is 6.23. The van der Waals surface area contributed by atoms with E-state index >= 15 is 0 Å². The van der Waals surface area contributed by atoms with Crippen LogP contribution < -0.4 is 11.1 Å². The zero-order valence-electron chi connectivity index (χ0n) is 11.2. The summed E-state index contributed by atoms with van der Waals surface area (Å²) in [5.41, 5.74) is 6.56. The molecule has 8 heteroatoms. The molecular weight excluding hydrogens is 260 g/mol. The lowest BCUT2D eigenvalue weighted by atomic mass is 10.0. The van der Waals surface area contributed by atoms with Gasteiger partial charge in [-0.3, -0.25) is 9.78 Å². The van der Waals surface area contributed by atoms with E-state index < -0.39 is 6.04 Å². The second-order valence-corrected chi connectivity index (χ2v) is 4.68. The number of oxime groups is 1. The van der Waals surface area contributed by atoms with E-state index in [1.54, 1.807) is 23.1 Å². The fraction of sp³-hybridized carbons (Fsp3) is 0.333. The van der Waals surface area contributed by atoms with Crippen molar-refractivity contribution in [3.63, 3.8) is 0 Å². The summed E-state index contributed by atoms with van der Waals surface area (Å²) in [5.74, 6) is -0.406. The number of rotatable bonds is 4. The van der Waals surface area contributed by atoms with E-state index in [-0.39, 0.29) is 17.7 Å². The van der Waals surface area contributed by atoms with Crippen molar-refractivity contribution in [3.8, 4) is 0 Å². The Hall–Kier alpha value is -2.64. The highest BCUT2D eigenvalue weighted by atomic mass is 16.4. The van der Waals surface area contributed by atoms with Crippen molar-refractivity contribution in [1.82, 2.24) is 19.9 Å². The molecule has 0 fully saturated rings. The van der Waals surface area contributed by atoms with Gasteiger partial charge in [0.15, 0.2) is 5.84 Å². The van der Waals surface area contributed by atoms with Gasteiger partial charge in [0, 0.05) is 12.4 Å². The highest BCUT2D eigenvalue weighted by Crippen LogP contribution is 2.10. The van der Waals surface area contributed by atoms with Gasteiger partial charge in [0.1, 0.15) is 0 Å². The lowest BCUT2D eigenvalue weighted by Crippen LogP contribution is -2.47. The number of hydrogen-bond donors (Lipinski definition) is 3. The summed E-state index contributed by atoms with van der Waals surface area (Å²) in [4.78, 5) is 16.2. The maximum absolute atomic E-state index is 12.3. The van der Waals surface area contributed by atoms with Gasteiger partial charge in [0.2, 0.25) is 0 Å². The molecule has 2 rings (SSSR count). The lowest BCUT2D eigenvalue weighted by molar-refractivity contribution is 0.0940. The summed E-state index contributed by atoms with van der Waals surface area (Å²) in [5, 5.41) is 18.5. The monoisotopic (exact) mass is 276 g/mol. The van der Waals surface area contributed by atoms with Gasteiger partial charge in [0.25, 0.3) is 5.91 Å². The first-order valence-corrected chi connectivity index (χ1v) is 6.10. The number of hydrogen-bond acceptors (Lipinski definition) is 5. The molecule has 1 unspecified atom stereocenters. The molecule has 20 heavy (non-hydrogen) atoms. The minimum atomic E-state index is -0.556. The van der Waals surface area contributed by atoms with Crippen LogP contribution in [-0.4, -0.2) is 37.6 Å². The van der Waals surface area contributed by atoms with Gasteiger partial charge in [-0.1, -0.05) is 19.0 Å². The molecular formula is C12H16N6O2. The zero-order valence-corrected chi connectivity index (χ0v) is 11.2. The van der Waals surface area contributed by atoms with Gasteiger partial charge < -0.3 is 16.3 Å². The number of aromatic nitrogens is 3. The van der Waals surface area contributed by atoms with Crippen molar-refractivity contribution >= 4 is 17.3 Å². The van der Waals surface area contributed by atoms with Crippen molar-refractivity contribution in [2.45, 2.75) is 19.9 Å². The molecule has 4 N–H and O–H groups in total. The molecule has 8 nitrogen and oxygen atoms in total. The number of nitrogens with one attached hydrogen (secondary N) is 1. The molecule has 0 saturated heterocycles. The molecule has 0 spiro atoms. The number of amides is 1. The van der Waals surface area contributed by atoms with Crippen LogP contribution in [0.4, 0.5) is 0 Å². The molecule has 0 aliphatic carbocycles. The number of nitrogens with two attached hydrogens (primary N) is 1. The molecule has 0 bridgehead atoms. The van der Waals surface area contributed by atoms with Gasteiger partial charge in [-0.2, -0.15) is 5.10 Å². The van der Waals surface area contributed by atoms with E-state index in [0.29, 0.717) is 11.1 Å². The second kappa shape index (κ2) is 5.55. The van der Waals surface area contributed by atoms with Gasteiger partial charge in [-0.15, -0.1) is 0 Å². The average molecular weight is 276 g/mol.